The summed E-state index contributed by atoms with van der Waals surface area (Å²) >= 11 is 0. The van der Waals surface area contributed by atoms with Crippen LogP contribution in [0, 0.1) is 112 Å². The quantitative estimate of drug-likeness (QED) is 0.285. The van der Waals surface area contributed by atoms with Gasteiger partial charge in [-0.3, -0.25) is 0 Å². The van der Waals surface area contributed by atoms with Gasteiger partial charge in [-0.25, -0.2) is 0 Å². The average Bonchev–Trinajstić information content (AvgIpc) is 3.66. The fraction of sp³-hybridized carbons (Fsp3) is 0.613. The van der Waals surface area contributed by atoms with Crippen LogP contribution in [0.15, 0.2) is 22.5 Å². The van der Waals surface area contributed by atoms with Crippen molar-refractivity contribution in [3.05, 3.63) is 48.2 Å². The van der Waals surface area contributed by atoms with Gasteiger partial charge in [-0.2, -0.15) is 11.8 Å². The molecule has 246 valence electrons. The third kappa shape index (κ3) is 14.4. The van der Waals surface area contributed by atoms with Gasteiger partial charge in [0.15, 0.2) is 0 Å². The monoisotopic (exact) mass is 1640 g/mol. The Labute approximate surface area is 426 Å². The Bertz CT molecular complexity index is 994. The Hall–Kier alpha value is 4.62. The maximum absolute atomic E-state index is 12.2. The van der Waals surface area contributed by atoms with Gasteiger partial charge in [0.2, 0.25) is 0 Å². The first-order chi connectivity index (χ1) is 17.9. The molecule has 4 heterocycles. The van der Waals surface area contributed by atoms with Gasteiger partial charge in [-0.05, 0) is 12.8 Å². The molecule has 45 heavy (non-hydrogen) atoms. The van der Waals surface area contributed by atoms with Crippen molar-refractivity contribution in [2.75, 3.05) is 13.1 Å². The van der Waals surface area contributed by atoms with E-state index in [1.165, 1.54) is 0 Å². The number of nitrogens with zero attached hydrogens (tertiary/aromatic N) is 2. The van der Waals surface area contributed by atoms with Crippen LogP contribution in [0.5, 0.6) is 0 Å². The van der Waals surface area contributed by atoms with E-state index in [1.54, 1.807) is 0 Å². The molecular weight excluding hydrogens is 1590 g/mol. The molecule has 0 aromatic rings. The standard InChI is InChI=1S/C14H16NO2.C13H14NO2.2C2H6.2U.2V.2W.2Y.2H2/c1-9-6-10-13(7-9)15-5-3-2-4-12(15)11(8-16)14(10)17;1-8-5-9-12(6-8)14-4-2-3-11(14)10(7-15)13(9)16;2*1-2;;;;;;;;;;/h6-7,9-10,13H,2-5H2,1H3;5-6,8-9,12H,2-4H2,1H3;2*1-2H3;;;;;;;;;2*1H/q2*-3;;;;;;;;;;;;/i;;;;;;;;;;;;2*1+2. The third-order valence-electron chi connectivity index (χ3n) is 7.93. The van der Waals surface area contributed by atoms with Gasteiger partial charge in [0.1, 0.15) is 0 Å². The first-order valence-corrected chi connectivity index (χ1v) is 14.2. The summed E-state index contributed by atoms with van der Waals surface area (Å²) in [5.41, 5.74) is 2.48. The fourth-order valence-electron chi connectivity index (χ4n) is 6.53. The van der Waals surface area contributed by atoms with Crippen LogP contribution >= 0.6 is 0 Å². The van der Waals surface area contributed by atoms with E-state index in [0.29, 0.717) is 23.0 Å². The van der Waals surface area contributed by atoms with Crippen LogP contribution in [0.3, 0.4) is 0 Å². The minimum absolute atomic E-state index is 0. The van der Waals surface area contributed by atoms with E-state index in [9.17, 15) is 19.2 Å². The van der Waals surface area contributed by atoms with E-state index < -0.39 is 0 Å². The Morgan fingerprint density at radius 1 is 0.644 bits per heavy atom. The molecule has 6 unspecified atom stereocenters. The molecule has 4 aliphatic heterocycles. The van der Waals surface area contributed by atoms with Gasteiger partial charge in [-0.1, -0.05) is 69.5 Å². The van der Waals surface area contributed by atoms with Crippen LogP contribution in [-0.2, 0) is 164 Å². The zero-order chi connectivity index (χ0) is 27.3. The summed E-state index contributed by atoms with van der Waals surface area (Å²) in [7, 11) is 0. The predicted molar refractivity (Wildman–Crippen MR) is 149 cm³/mol. The molecule has 2 saturated carbocycles. The Morgan fingerprint density at radius 3 is 1.33 bits per heavy atom. The molecule has 4 radical (unpaired) electrons. The summed E-state index contributed by atoms with van der Waals surface area (Å²) in [6.07, 6.45) is 17.3. The predicted octanol–water partition coefficient (Wildman–Crippen LogP) is 5.06. The van der Waals surface area contributed by atoms with E-state index in [4.69, 9.17) is 0 Å². The minimum Gasteiger partial charge on any atom is -0.454 e. The molecule has 0 amide bonds. The summed E-state index contributed by atoms with van der Waals surface area (Å²) in [4.78, 5) is 50.8. The largest absolute Gasteiger partial charge is 0.454 e. The minimum atomic E-state index is -0.122. The Morgan fingerprint density at radius 2 is 0.978 bits per heavy atom. The average molecular weight is 1640 g/mol. The second-order valence-electron chi connectivity index (χ2n) is 10.0. The molecular formula is C31H46N2O4U2V2W2Y2-6. The van der Waals surface area contributed by atoms with Gasteiger partial charge in [0, 0.05) is 234 Å². The van der Waals surface area contributed by atoms with E-state index >= 15 is 0 Å². The van der Waals surface area contributed by atoms with E-state index in [1.807, 2.05) is 40.3 Å². The van der Waals surface area contributed by atoms with Crippen LogP contribution in [-0.4, -0.2) is 59.1 Å². The molecule has 2 saturated heterocycles. The SMILES string of the molecule is CC.CC.CC1[CH-]C2C(=O)C([C-]=O)=C3CCCCN3C2[CH-]1.CC1[CH-]C2C(=O)C([C-]=O)=C3CCCN3C2[CH-]1.[3HH].[3HH].[U].[U].[V].[V].[W].[W].[Y].[Y]. The first kappa shape index (κ1) is 61.6. The second kappa shape index (κ2) is 31.0. The van der Waals surface area contributed by atoms with Crippen molar-refractivity contribution in [1.29, 1.82) is 0 Å². The van der Waals surface area contributed by atoms with Crippen LogP contribution in [0.25, 0.3) is 0 Å². The topological polar surface area (TPSA) is 74.8 Å². The van der Waals surface area contributed by atoms with E-state index in [0.717, 1.165) is 56.6 Å². The maximum atomic E-state index is 12.2. The molecule has 6 rings (SSSR count). The molecule has 6 aliphatic rings. The summed E-state index contributed by atoms with van der Waals surface area (Å²) < 4.78 is 0. The van der Waals surface area contributed by atoms with Crippen molar-refractivity contribution in [3.8, 4) is 0 Å². The van der Waals surface area contributed by atoms with Gasteiger partial charge in [0.05, 0.1) is 12.6 Å². The van der Waals surface area contributed by atoms with Crippen molar-refractivity contribution in [2.24, 2.45) is 23.7 Å². The number of hydrogen-bond donors (Lipinski definition) is 0. The molecule has 6 atom stereocenters. The van der Waals surface area contributed by atoms with Crippen molar-refractivity contribution >= 4 is 24.1 Å². The van der Waals surface area contributed by atoms with Crippen LogP contribution in [0.4, 0.5) is 0 Å². The number of hydrogen-bond acceptors (Lipinski definition) is 6. The molecule has 0 aromatic heterocycles. The second-order valence-corrected chi connectivity index (χ2v) is 10.0. The van der Waals surface area contributed by atoms with E-state index in [2.05, 4.69) is 49.3 Å². The van der Waals surface area contributed by atoms with Gasteiger partial charge in [-0.15, -0.1) is 25.9 Å². The van der Waals surface area contributed by atoms with Crippen molar-refractivity contribution in [3.63, 3.8) is 0 Å². The van der Waals surface area contributed by atoms with Crippen LogP contribution in [0.1, 0.15) is 76.5 Å². The van der Waals surface area contributed by atoms with Crippen LogP contribution < -0.4 is 0 Å². The molecule has 0 N–H and O–H groups in total. The number of carbonyl (C=O) groups is 2. The molecule has 0 bridgehead atoms. The number of Topliss-reactive ketones (excluding diaryl/α,β-unsaturated/α-hetero) is 2. The van der Waals surface area contributed by atoms with Crippen LogP contribution in [0.2, 0.25) is 0 Å². The van der Waals surface area contributed by atoms with Crippen molar-refractivity contribution in [1.82, 2.24) is 9.80 Å². The number of carbonyl (C=O) groups excluding carboxylic acids is 4. The number of fused-ring (bicyclic) bond motifs is 6. The smallest absolute Gasteiger partial charge is 0.0677 e. The number of allylic oxidation sites excluding steroid dienone is 4. The van der Waals surface area contributed by atoms with E-state index in [-0.39, 0.29) is 245 Å². The van der Waals surface area contributed by atoms with Crippen molar-refractivity contribution in [2.45, 2.75) is 85.7 Å². The molecule has 6 nitrogen and oxygen atoms in total. The van der Waals surface area contributed by atoms with Crippen molar-refractivity contribution < 1.29 is 229 Å². The molecule has 0 spiro atoms. The zero-order valence-corrected chi connectivity index (χ0v) is 49.8. The van der Waals surface area contributed by atoms with Gasteiger partial charge < -0.3 is 66.5 Å². The number of rotatable bonds is 2. The summed E-state index contributed by atoms with van der Waals surface area (Å²) in [5, 5.41) is 0. The Kier molecular flexibility index (Phi) is 42.5. The molecule has 0 aromatic carbocycles. The number of piperidine rings is 1. The summed E-state index contributed by atoms with van der Waals surface area (Å²) in [6, 6.07) is 0.377. The zero-order valence-electron chi connectivity index (χ0n) is 27.1. The molecule has 14 heteroatoms. The fourth-order valence-corrected chi connectivity index (χ4v) is 6.53. The summed E-state index contributed by atoms with van der Waals surface area (Å²) in [6.45, 7) is 14.1. The molecule has 4 fully saturated rings. The molecule has 2 aliphatic carbocycles. The maximum Gasteiger partial charge on any atom is 0.0677 e. The normalized spacial score (nSPS) is 27.6. The van der Waals surface area contributed by atoms with Gasteiger partial charge >= 0.3 is 0 Å². The van der Waals surface area contributed by atoms with Gasteiger partial charge in [0.25, 0.3) is 0 Å². The third-order valence-corrected chi connectivity index (χ3v) is 7.93. The summed E-state index contributed by atoms with van der Waals surface area (Å²) in [5.74, 6) is 0.430. The Balaban J connectivity index is -0.0000000818. The number of ketones is 2. The first-order valence-electron chi connectivity index (χ1n) is 14.2.